The molecule has 0 radical (unpaired) electrons. The molecule has 108 valence electrons. The van der Waals surface area contributed by atoms with Gasteiger partial charge in [-0.25, -0.2) is 4.79 Å². The second kappa shape index (κ2) is 5.35. The van der Waals surface area contributed by atoms with E-state index in [9.17, 15) is 4.79 Å². The molecule has 2 aliphatic rings. The van der Waals surface area contributed by atoms with Crippen LogP contribution in [0.4, 0.5) is 4.79 Å². The summed E-state index contributed by atoms with van der Waals surface area (Å²) in [5.41, 5.74) is 1.01. The van der Waals surface area contributed by atoms with Gasteiger partial charge in [0.1, 0.15) is 5.75 Å². The predicted molar refractivity (Wildman–Crippen MR) is 77.8 cm³/mol. The highest BCUT2D eigenvalue weighted by molar-refractivity contribution is 5.76. The van der Waals surface area contributed by atoms with Gasteiger partial charge in [-0.1, -0.05) is 25.0 Å². The molecule has 0 unspecified atom stereocenters. The summed E-state index contributed by atoms with van der Waals surface area (Å²) in [5.74, 6) is 0.847. The van der Waals surface area contributed by atoms with Gasteiger partial charge in [-0.05, 0) is 43.4 Å². The Morgan fingerprint density at radius 3 is 2.40 bits per heavy atom. The molecule has 4 heteroatoms. The Morgan fingerprint density at radius 2 is 1.85 bits per heavy atom. The number of ether oxygens (including phenoxy) is 1. The number of rotatable bonds is 4. The van der Waals surface area contributed by atoms with Crippen LogP contribution in [-0.2, 0) is 5.54 Å². The summed E-state index contributed by atoms with van der Waals surface area (Å²) in [5, 5.41) is 6.25. The molecule has 0 spiro atoms. The lowest BCUT2D eigenvalue weighted by atomic mass is 10.1. The van der Waals surface area contributed by atoms with E-state index in [0.29, 0.717) is 6.04 Å². The fourth-order valence-corrected chi connectivity index (χ4v) is 3.03. The molecule has 20 heavy (non-hydrogen) atoms. The molecule has 1 aromatic rings. The van der Waals surface area contributed by atoms with E-state index < -0.39 is 0 Å². The van der Waals surface area contributed by atoms with E-state index in [1.807, 2.05) is 24.3 Å². The molecule has 1 aromatic carbocycles. The number of hydrogen-bond donors (Lipinski definition) is 2. The van der Waals surface area contributed by atoms with Gasteiger partial charge in [0.05, 0.1) is 12.6 Å². The van der Waals surface area contributed by atoms with Gasteiger partial charge >= 0.3 is 6.03 Å². The standard InChI is InChI=1S/C16H22N2O2/c1-20-14-8-6-12(7-9-14)16(10-11-16)18-15(19)17-13-4-2-3-5-13/h6-9,13H,2-5,10-11H2,1H3,(H2,17,18,19). The first-order valence-electron chi connectivity index (χ1n) is 7.45. The van der Waals surface area contributed by atoms with Crippen molar-refractivity contribution in [1.29, 1.82) is 0 Å². The maximum Gasteiger partial charge on any atom is 0.315 e. The van der Waals surface area contributed by atoms with E-state index in [4.69, 9.17) is 4.74 Å². The Morgan fingerprint density at radius 1 is 1.20 bits per heavy atom. The summed E-state index contributed by atoms with van der Waals surface area (Å²) in [6, 6.07) is 8.33. The van der Waals surface area contributed by atoms with Crippen molar-refractivity contribution < 1.29 is 9.53 Å². The minimum atomic E-state index is -0.158. The fourth-order valence-electron chi connectivity index (χ4n) is 3.03. The molecule has 3 rings (SSSR count). The number of carbonyl (C=O) groups is 1. The first-order chi connectivity index (χ1) is 9.72. The van der Waals surface area contributed by atoms with Crippen LogP contribution in [-0.4, -0.2) is 19.2 Å². The van der Waals surface area contributed by atoms with Gasteiger partial charge < -0.3 is 15.4 Å². The van der Waals surface area contributed by atoms with Crippen LogP contribution >= 0.6 is 0 Å². The number of urea groups is 1. The Labute approximate surface area is 119 Å². The lowest BCUT2D eigenvalue weighted by molar-refractivity contribution is 0.232. The molecule has 0 atom stereocenters. The molecule has 2 saturated carbocycles. The highest BCUT2D eigenvalue weighted by atomic mass is 16.5. The van der Waals surface area contributed by atoms with Crippen molar-refractivity contribution in [3.63, 3.8) is 0 Å². The van der Waals surface area contributed by atoms with Crippen molar-refractivity contribution >= 4 is 6.03 Å². The largest absolute Gasteiger partial charge is 0.497 e. The van der Waals surface area contributed by atoms with Crippen LogP contribution in [0, 0.1) is 0 Å². The van der Waals surface area contributed by atoms with Crippen LogP contribution in [0.5, 0.6) is 5.75 Å². The normalized spacial score (nSPS) is 20.4. The van der Waals surface area contributed by atoms with E-state index in [2.05, 4.69) is 10.6 Å². The van der Waals surface area contributed by atoms with E-state index >= 15 is 0 Å². The van der Waals surface area contributed by atoms with Crippen molar-refractivity contribution in [1.82, 2.24) is 10.6 Å². The van der Waals surface area contributed by atoms with Crippen LogP contribution in [0.2, 0.25) is 0 Å². The molecule has 4 nitrogen and oxygen atoms in total. The van der Waals surface area contributed by atoms with Crippen molar-refractivity contribution in [3.05, 3.63) is 29.8 Å². The van der Waals surface area contributed by atoms with E-state index in [1.54, 1.807) is 7.11 Å². The minimum absolute atomic E-state index is 0.0229. The number of nitrogens with one attached hydrogen (secondary N) is 2. The zero-order valence-electron chi connectivity index (χ0n) is 11.9. The van der Waals surface area contributed by atoms with Gasteiger partial charge in [0.2, 0.25) is 0 Å². The van der Waals surface area contributed by atoms with E-state index in [0.717, 1.165) is 31.4 Å². The van der Waals surface area contributed by atoms with Crippen LogP contribution in [0.1, 0.15) is 44.1 Å². The fraction of sp³-hybridized carbons (Fsp3) is 0.562. The van der Waals surface area contributed by atoms with Gasteiger partial charge in [0.25, 0.3) is 0 Å². The average Bonchev–Trinajstić information content (AvgIpc) is 3.05. The van der Waals surface area contributed by atoms with Gasteiger partial charge in [-0.3, -0.25) is 0 Å². The van der Waals surface area contributed by atoms with Crippen molar-refractivity contribution in [2.75, 3.05) is 7.11 Å². The molecule has 0 saturated heterocycles. The second-order valence-electron chi connectivity index (χ2n) is 5.89. The third-order valence-corrected chi connectivity index (χ3v) is 4.44. The second-order valence-corrected chi connectivity index (χ2v) is 5.89. The molecule has 2 aliphatic carbocycles. The SMILES string of the molecule is COc1ccc(C2(NC(=O)NC3CCCC3)CC2)cc1. The monoisotopic (exact) mass is 274 g/mol. The Hall–Kier alpha value is -1.71. The number of carbonyl (C=O) groups excluding carboxylic acids is 1. The molecule has 2 N–H and O–H groups in total. The zero-order chi connectivity index (χ0) is 14.0. The van der Waals surface area contributed by atoms with Crippen LogP contribution in [0.3, 0.4) is 0 Å². The highest BCUT2D eigenvalue weighted by Crippen LogP contribution is 2.45. The summed E-state index contributed by atoms with van der Waals surface area (Å²) in [7, 11) is 1.66. The zero-order valence-corrected chi connectivity index (χ0v) is 11.9. The Kier molecular flexibility index (Phi) is 3.55. The summed E-state index contributed by atoms with van der Waals surface area (Å²) in [4.78, 5) is 12.1. The first kappa shape index (κ1) is 13.3. The maximum absolute atomic E-state index is 12.1. The Bertz CT molecular complexity index is 474. The molecule has 0 bridgehead atoms. The van der Waals surface area contributed by atoms with Gasteiger partial charge in [0, 0.05) is 6.04 Å². The summed E-state index contributed by atoms with van der Waals surface area (Å²) >= 11 is 0. The van der Waals surface area contributed by atoms with Crippen LogP contribution in [0.25, 0.3) is 0 Å². The molecular formula is C16H22N2O2. The summed E-state index contributed by atoms with van der Waals surface area (Å²) < 4.78 is 5.17. The minimum Gasteiger partial charge on any atom is -0.497 e. The lowest BCUT2D eigenvalue weighted by Crippen LogP contribution is -2.45. The third-order valence-electron chi connectivity index (χ3n) is 4.44. The number of hydrogen-bond acceptors (Lipinski definition) is 2. The van der Waals surface area contributed by atoms with Gasteiger partial charge in [0.15, 0.2) is 0 Å². The molecule has 0 aromatic heterocycles. The van der Waals surface area contributed by atoms with Crippen molar-refractivity contribution in [2.24, 2.45) is 0 Å². The summed E-state index contributed by atoms with van der Waals surface area (Å²) in [6.45, 7) is 0. The topological polar surface area (TPSA) is 50.4 Å². The summed E-state index contributed by atoms with van der Waals surface area (Å²) in [6.07, 6.45) is 6.71. The highest BCUT2D eigenvalue weighted by Gasteiger charge is 2.45. The van der Waals surface area contributed by atoms with Gasteiger partial charge in [-0.15, -0.1) is 0 Å². The van der Waals surface area contributed by atoms with Crippen molar-refractivity contribution in [3.8, 4) is 5.75 Å². The third kappa shape index (κ3) is 2.74. The lowest BCUT2D eigenvalue weighted by Gasteiger charge is -2.20. The van der Waals surface area contributed by atoms with Crippen LogP contribution < -0.4 is 15.4 Å². The maximum atomic E-state index is 12.1. The number of amides is 2. The quantitative estimate of drug-likeness (QED) is 0.887. The molecule has 0 aliphatic heterocycles. The van der Waals surface area contributed by atoms with E-state index in [1.165, 1.54) is 18.4 Å². The van der Waals surface area contributed by atoms with E-state index in [-0.39, 0.29) is 11.6 Å². The molecule has 2 amide bonds. The average molecular weight is 274 g/mol. The Balaban J connectivity index is 1.61. The molecule has 2 fully saturated rings. The predicted octanol–water partition coefficient (Wildman–Crippen LogP) is 2.93. The number of benzene rings is 1. The molecule has 0 heterocycles. The van der Waals surface area contributed by atoms with Gasteiger partial charge in [-0.2, -0.15) is 0 Å². The van der Waals surface area contributed by atoms with Crippen molar-refractivity contribution in [2.45, 2.75) is 50.1 Å². The van der Waals surface area contributed by atoms with Crippen LogP contribution in [0.15, 0.2) is 24.3 Å². The first-order valence-corrected chi connectivity index (χ1v) is 7.45. The smallest absolute Gasteiger partial charge is 0.315 e. The molecular weight excluding hydrogens is 252 g/mol. The number of methoxy groups -OCH3 is 1.